The van der Waals surface area contributed by atoms with Gasteiger partial charge in [0.05, 0.1) is 34.9 Å². The fraction of sp³-hybridized carbons (Fsp3) is 0.333. The Hall–Kier alpha value is -3.57. The first-order chi connectivity index (χ1) is 16.8. The van der Waals surface area contributed by atoms with E-state index < -0.39 is 10.0 Å². The molecule has 0 spiro atoms. The molecule has 0 saturated carbocycles. The number of aromatic nitrogens is 5. The van der Waals surface area contributed by atoms with E-state index in [4.69, 9.17) is 4.98 Å². The Morgan fingerprint density at radius 1 is 1.06 bits per heavy atom. The number of nitrogens with zero attached hydrogens (tertiary/aromatic N) is 7. The van der Waals surface area contributed by atoms with Gasteiger partial charge in [0.2, 0.25) is 10.0 Å². The maximum atomic E-state index is 13.6. The minimum Gasteiger partial charge on any atom is -0.336 e. The summed E-state index contributed by atoms with van der Waals surface area (Å²) in [7, 11) is -1.96. The molecule has 0 atom stereocenters. The number of benzene rings is 1. The average molecular weight is 494 g/mol. The van der Waals surface area contributed by atoms with Gasteiger partial charge in [-0.15, -0.1) is 0 Å². The number of carbonyl (C=O) groups excluding carboxylic acids is 1. The van der Waals surface area contributed by atoms with Gasteiger partial charge in [-0.1, -0.05) is 18.2 Å². The van der Waals surface area contributed by atoms with E-state index >= 15 is 0 Å². The average Bonchev–Trinajstić information content (AvgIpc) is 3.50. The van der Waals surface area contributed by atoms with Crippen LogP contribution in [-0.4, -0.2) is 74.3 Å². The minimum atomic E-state index is -3.67. The maximum absolute atomic E-state index is 13.6. The quantitative estimate of drug-likeness (QED) is 0.422. The standard InChI is InChI=1S/C24H27N7O3S/c1-4-30-16-18(14-26-30)22-13-20(19-7-5-6-8-21(19)27-22)24(32)29-9-11-31(12-10-29)35(33,34)23-15-25-28(3)17(23)2/h5-8,13-16H,4,9-12H2,1-3H3. The van der Waals surface area contributed by atoms with E-state index in [1.54, 1.807) is 29.7 Å². The summed E-state index contributed by atoms with van der Waals surface area (Å²) in [5.41, 5.74) is 3.39. The maximum Gasteiger partial charge on any atom is 0.254 e. The number of amides is 1. The number of fused-ring (bicyclic) bond motifs is 1. The first kappa shape index (κ1) is 23.2. The molecule has 11 heteroatoms. The topological polar surface area (TPSA) is 106 Å². The second kappa shape index (κ2) is 8.90. The van der Waals surface area contributed by atoms with Crippen LogP contribution in [0.25, 0.3) is 22.2 Å². The predicted octanol–water partition coefficient (Wildman–Crippen LogP) is 2.31. The number of hydrogen-bond acceptors (Lipinski definition) is 6. The van der Waals surface area contributed by atoms with Crippen LogP contribution in [0.15, 0.2) is 53.8 Å². The van der Waals surface area contributed by atoms with E-state index in [9.17, 15) is 13.2 Å². The monoisotopic (exact) mass is 493 g/mol. The molecule has 0 aliphatic carbocycles. The first-order valence-corrected chi connectivity index (χ1v) is 12.9. The molecule has 1 aromatic carbocycles. The molecule has 182 valence electrons. The highest BCUT2D eigenvalue weighted by atomic mass is 32.2. The number of carbonyl (C=O) groups is 1. The van der Waals surface area contributed by atoms with Gasteiger partial charge in [0, 0.05) is 56.9 Å². The van der Waals surface area contributed by atoms with E-state index in [-0.39, 0.29) is 23.9 Å². The van der Waals surface area contributed by atoms with Crippen molar-refractivity contribution in [3.63, 3.8) is 0 Å². The molecule has 35 heavy (non-hydrogen) atoms. The van der Waals surface area contributed by atoms with Crippen LogP contribution in [0.3, 0.4) is 0 Å². The zero-order chi connectivity index (χ0) is 24.7. The third kappa shape index (κ3) is 4.10. The lowest BCUT2D eigenvalue weighted by molar-refractivity contribution is 0.0700. The molecule has 1 aliphatic rings. The molecule has 1 amide bonds. The fourth-order valence-electron chi connectivity index (χ4n) is 4.34. The Kier molecular flexibility index (Phi) is 5.89. The smallest absolute Gasteiger partial charge is 0.254 e. The molecular formula is C24H27N7O3S. The van der Waals surface area contributed by atoms with Crippen molar-refractivity contribution in [3.8, 4) is 11.3 Å². The number of aryl methyl sites for hydroxylation is 2. The summed E-state index contributed by atoms with van der Waals surface area (Å²) in [6.45, 7) is 5.54. The second-order valence-corrected chi connectivity index (χ2v) is 10.5. The zero-order valence-corrected chi connectivity index (χ0v) is 20.7. The highest BCUT2D eigenvalue weighted by molar-refractivity contribution is 7.89. The second-order valence-electron chi connectivity index (χ2n) is 8.57. The highest BCUT2D eigenvalue weighted by Crippen LogP contribution is 2.27. The Morgan fingerprint density at radius 2 is 1.80 bits per heavy atom. The molecule has 4 aromatic rings. The van der Waals surface area contributed by atoms with Crippen molar-refractivity contribution in [2.75, 3.05) is 26.2 Å². The highest BCUT2D eigenvalue weighted by Gasteiger charge is 2.33. The van der Waals surface area contributed by atoms with Gasteiger partial charge in [-0.05, 0) is 26.0 Å². The van der Waals surface area contributed by atoms with Crippen LogP contribution in [0.1, 0.15) is 23.0 Å². The Balaban J connectivity index is 1.41. The largest absolute Gasteiger partial charge is 0.336 e. The lowest BCUT2D eigenvalue weighted by Crippen LogP contribution is -2.50. The lowest BCUT2D eigenvalue weighted by atomic mass is 10.0. The van der Waals surface area contributed by atoms with E-state index in [0.717, 1.165) is 23.0 Å². The number of piperazine rings is 1. The van der Waals surface area contributed by atoms with Gasteiger partial charge in [0.1, 0.15) is 4.90 Å². The van der Waals surface area contributed by atoms with E-state index in [0.29, 0.717) is 30.0 Å². The van der Waals surface area contributed by atoms with Crippen LogP contribution in [0.5, 0.6) is 0 Å². The molecule has 0 bridgehead atoms. The summed E-state index contributed by atoms with van der Waals surface area (Å²) in [5, 5.41) is 9.16. The van der Waals surface area contributed by atoms with Gasteiger partial charge in [0.25, 0.3) is 5.91 Å². The van der Waals surface area contributed by atoms with Crippen molar-refractivity contribution in [2.45, 2.75) is 25.3 Å². The Labute approximate surface area is 203 Å². The van der Waals surface area contributed by atoms with Crippen molar-refractivity contribution in [1.29, 1.82) is 0 Å². The summed E-state index contributed by atoms with van der Waals surface area (Å²) in [5.74, 6) is -0.137. The summed E-state index contributed by atoms with van der Waals surface area (Å²) >= 11 is 0. The molecule has 4 heterocycles. The first-order valence-electron chi connectivity index (χ1n) is 11.5. The van der Waals surface area contributed by atoms with Gasteiger partial charge in [0.15, 0.2) is 0 Å². The van der Waals surface area contributed by atoms with Gasteiger partial charge < -0.3 is 4.90 Å². The zero-order valence-electron chi connectivity index (χ0n) is 19.9. The Bertz CT molecular complexity index is 1520. The number of rotatable bonds is 5. The van der Waals surface area contributed by atoms with Crippen molar-refractivity contribution in [1.82, 2.24) is 33.8 Å². The third-order valence-electron chi connectivity index (χ3n) is 6.53. The predicted molar refractivity (Wildman–Crippen MR) is 131 cm³/mol. The van der Waals surface area contributed by atoms with Crippen molar-refractivity contribution in [3.05, 3.63) is 60.2 Å². The molecule has 10 nitrogen and oxygen atoms in total. The fourth-order valence-corrected chi connectivity index (χ4v) is 5.95. The SMILES string of the molecule is CCn1cc(-c2cc(C(=O)N3CCN(S(=O)(=O)c4cnn(C)c4C)CC3)c3ccccc3n2)cn1. The van der Waals surface area contributed by atoms with E-state index in [2.05, 4.69) is 10.2 Å². The van der Waals surface area contributed by atoms with Gasteiger partial charge in [-0.25, -0.2) is 13.4 Å². The van der Waals surface area contributed by atoms with Crippen molar-refractivity contribution < 1.29 is 13.2 Å². The molecule has 1 aliphatic heterocycles. The molecule has 0 radical (unpaired) electrons. The van der Waals surface area contributed by atoms with Crippen LogP contribution >= 0.6 is 0 Å². The van der Waals surface area contributed by atoms with Gasteiger partial charge in [-0.2, -0.15) is 14.5 Å². The third-order valence-corrected chi connectivity index (χ3v) is 8.54. The molecule has 5 rings (SSSR count). The molecule has 3 aromatic heterocycles. The summed E-state index contributed by atoms with van der Waals surface area (Å²) in [6, 6.07) is 9.37. The lowest BCUT2D eigenvalue weighted by Gasteiger charge is -2.34. The van der Waals surface area contributed by atoms with Crippen LogP contribution in [0, 0.1) is 6.92 Å². The summed E-state index contributed by atoms with van der Waals surface area (Å²) in [4.78, 5) is 20.3. The molecule has 1 saturated heterocycles. The molecule has 0 unspecified atom stereocenters. The molecule has 0 N–H and O–H groups in total. The number of sulfonamides is 1. The number of para-hydroxylation sites is 1. The van der Waals surface area contributed by atoms with Gasteiger partial charge in [-0.3, -0.25) is 14.2 Å². The number of pyridine rings is 1. The van der Waals surface area contributed by atoms with Crippen LogP contribution < -0.4 is 0 Å². The summed E-state index contributed by atoms with van der Waals surface area (Å²) in [6.07, 6.45) is 5.04. The number of hydrogen-bond donors (Lipinski definition) is 0. The summed E-state index contributed by atoms with van der Waals surface area (Å²) < 4.78 is 31.0. The molecule has 1 fully saturated rings. The van der Waals surface area contributed by atoms with Crippen molar-refractivity contribution >= 4 is 26.8 Å². The minimum absolute atomic E-state index is 0.137. The van der Waals surface area contributed by atoms with E-state index in [1.165, 1.54) is 10.5 Å². The van der Waals surface area contributed by atoms with Crippen molar-refractivity contribution in [2.24, 2.45) is 7.05 Å². The van der Waals surface area contributed by atoms with Crippen LogP contribution in [0.2, 0.25) is 0 Å². The van der Waals surface area contributed by atoms with Gasteiger partial charge >= 0.3 is 0 Å². The van der Waals surface area contributed by atoms with Crippen LogP contribution in [0.4, 0.5) is 0 Å². The van der Waals surface area contributed by atoms with E-state index in [1.807, 2.05) is 48.1 Å². The van der Waals surface area contributed by atoms with Crippen LogP contribution in [-0.2, 0) is 23.6 Å². The Morgan fingerprint density at radius 3 is 2.46 bits per heavy atom. The molecular weight excluding hydrogens is 466 g/mol. The normalized spacial score (nSPS) is 15.1.